The zero-order valence-electron chi connectivity index (χ0n) is 7.70. The molecule has 1 amide bonds. The molecule has 0 spiro atoms. The van der Waals surface area contributed by atoms with E-state index in [-0.39, 0.29) is 5.91 Å². The average molecular weight is 222 g/mol. The lowest BCUT2D eigenvalue weighted by Crippen LogP contribution is -2.12. The molecule has 0 saturated heterocycles. The third-order valence-corrected chi connectivity index (χ3v) is 2.09. The maximum absolute atomic E-state index is 11.1. The maximum atomic E-state index is 11.1. The van der Waals surface area contributed by atoms with E-state index in [1.807, 2.05) is 12.1 Å². The summed E-state index contributed by atoms with van der Waals surface area (Å²) >= 11 is 5.80. The van der Waals surface area contributed by atoms with E-state index in [1.54, 1.807) is 18.3 Å². The second kappa shape index (κ2) is 4.14. The van der Waals surface area contributed by atoms with Gasteiger partial charge < -0.3 is 5.32 Å². The molecule has 4 nitrogen and oxygen atoms in total. The molecule has 2 N–H and O–H groups in total. The Bertz CT molecular complexity index is 454. The van der Waals surface area contributed by atoms with Crippen LogP contribution in [0.4, 0.5) is 5.69 Å². The molecular formula is C10H8ClN3O. The standard InChI is InChI=1S/C10H8ClN3O/c11-8-2-1-3-9(4-8)12-5-7-6-13-14-10(7)15/h1-6,12H,(H,14,15). The van der Waals surface area contributed by atoms with Crippen LogP contribution in [0.3, 0.4) is 0 Å². The molecule has 0 fully saturated rings. The van der Waals surface area contributed by atoms with Crippen LogP contribution in [-0.4, -0.2) is 12.1 Å². The van der Waals surface area contributed by atoms with Crippen LogP contribution >= 0.6 is 11.6 Å². The van der Waals surface area contributed by atoms with E-state index in [0.717, 1.165) is 5.69 Å². The molecule has 0 unspecified atom stereocenters. The second-order valence-corrected chi connectivity index (χ2v) is 3.39. The largest absolute Gasteiger partial charge is 0.361 e. The van der Waals surface area contributed by atoms with Gasteiger partial charge in [-0.25, -0.2) is 5.43 Å². The van der Waals surface area contributed by atoms with Crippen LogP contribution < -0.4 is 10.7 Å². The number of hydrogen-bond acceptors (Lipinski definition) is 3. The monoisotopic (exact) mass is 221 g/mol. The molecule has 1 heterocycles. The van der Waals surface area contributed by atoms with Gasteiger partial charge in [0.15, 0.2) is 0 Å². The lowest BCUT2D eigenvalue weighted by Gasteiger charge is -2.00. The van der Waals surface area contributed by atoms with Gasteiger partial charge >= 0.3 is 0 Å². The highest BCUT2D eigenvalue weighted by molar-refractivity contribution is 6.30. The Morgan fingerprint density at radius 2 is 2.33 bits per heavy atom. The van der Waals surface area contributed by atoms with Crippen molar-refractivity contribution in [3.63, 3.8) is 0 Å². The Morgan fingerprint density at radius 3 is 3.00 bits per heavy atom. The first-order valence-electron chi connectivity index (χ1n) is 4.31. The Morgan fingerprint density at radius 1 is 1.47 bits per heavy atom. The topological polar surface area (TPSA) is 53.5 Å². The molecule has 1 aromatic carbocycles. The van der Waals surface area contributed by atoms with Crippen LogP contribution in [0.5, 0.6) is 0 Å². The summed E-state index contributed by atoms with van der Waals surface area (Å²) in [5, 5.41) is 7.22. The fourth-order valence-electron chi connectivity index (χ4n) is 1.13. The quantitative estimate of drug-likeness (QED) is 0.748. The van der Waals surface area contributed by atoms with Crippen molar-refractivity contribution in [2.45, 2.75) is 0 Å². The maximum Gasteiger partial charge on any atom is 0.274 e. The van der Waals surface area contributed by atoms with Gasteiger partial charge in [-0.3, -0.25) is 4.79 Å². The minimum absolute atomic E-state index is 0.218. The first-order valence-corrected chi connectivity index (χ1v) is 4.69. The molecule has 5 heteroatoms. The second-order valence-electron chi connectivity index (χ2n) is 2.95. The van der Waals surface area contributed by atoms with Crippen LogP contribution in [0, 0.1) is 0 Å². The fourth-order valence-corrected chi connectivity index (χ4v) is 1.32. The van der Waals surface area contributed by atoms with Crippen LogP contribution in [-0.2, 0) is 4.79 Å². The summed E-state index contributed by atoms with van der Waals surface area (Å²) in [6, 6.07) is 7.23. The Labute approximate surface area is 91.6 Å². The lowest BCUT2D eigenvalue weighted by atomic mass is 10.3. The molecule has 0 bridgehead atoms. The smallest absolute Gasteiger partial charge is 0.274 e. The van der Waals surface area contributed by atoms with E-state index in [1.165, 1.54) is 6.21 Å². The molecule has 15 heavy (non-hydrogen) atoms. The Hall–Kier alpha value is -1.81. The van der Waals surface area contributed by atoms with Gasteiger partial charge in [0.2, 0.25) is 0 Å². The molecule has 2 rings (SSSR count). The number of benzene rings is 1. The number of carbonyl (C=O) groups is 1. The lowest BCUT2D eigenvalue weighted by molar-refractivity contribution is -0.116. The van der Waals surface area contributed by atoms with Crippen molar-refractivity contribution >= 4 is 29.4 Å². The van der Waals surface area contributed by atoms with Gasteiger partial charge in [-0.1, -0.05) is 17.7 Å². The summed E-state index contributed by atoms with van der Waals surface area (Å²) in [6.45, 7) is 0. The van der Waals surface area contributed by atoms with Crippen molar-refractivity contribution in [3.05, 3.63) is 41.1 Å². The van der Waals surface area contributed by atoms with E-state index >= 15 is 0 Å². The molecule has 0 saturated carbocycles. The van der Waals surface area contributed by atoms with Gasteiger partial charge in [-0.05, 0) is 18.2 Å². The summed E-state index contributed by atoms with van der Waals surface area (Å²) in [5.74, 6) is -0.218. The van der Waals surface area contributed by atoms with Crippen LogP contribution in [0.25, 0.3) is 0 Å². The molecular weight excluding hydrogens is 214 g/mol. The third-order valence-electron chi connectivity index (χ3n) is 1.85. The normalized spacial score (nSPS) is 16.9. The summed E-state index contributed by atoms with van der Waals surface area (Å²) in [6.07, 6.45) is 3.04. The molecule has 1 aliphatic rings. The molecule has 76 valence electrons. The summed E-state index contributed by atoms with van der Waals surface area (Å²) in [4.78, 5) is 11.1. The van der Waals surface area contributed by atoms with Crippen molar-refractivity contribution in [3.8, 4) is 0 Å². The van der Waals surface area contributed by atoms with Crippen LogP contribution in [0.2, 0.25) is 5.02 Å². The van der Waals surface area contributed by atoms with Crippen molar-refractivity contribution in [1.29, 1.82) is 0 Å². The zero-order valence-corrected chi connectivity index (χ0v) is 8.45. The highest BCUT2D eigenvalue weighted by Gasteiger charge is 2.10. The van der Waals surface area contributed by atoms with Crippen molar-refractivity contribution in [2.24, 2.45) is 5.10 Å². The SMILES string of the molecule is O=C1NN=CC1=CNc1cccc(Cl)c1. The third kappa shape index (κ3) is 2.35. The minimum Gasteiger partial charge on any atom is -0.361 e. The number of hydrazone groups is 1. The number of hydrogen-bond donors (Lipinski definition) is 2. The average Bonchev–Trinajstić information content (AvgIpc) is 2.61. The van der Waals surface area contributed by atoms with Gasteiger partial charge in [0.25, 0.3) is 5.91 Å². The van der Waals surface area contributed by atoms with Gasteiger partial charge in [0.05, 0.1) is 11.8 Å². The summed E-state index contributed by atoms with van der Waals surface area (Å²) in [7, 11) is 0. The fraction of sp³-hybridized carbons (Fsp3) is 0. The number of halogens is 1. The van der Waals surface area contributed by atoms with Gasteiger partial charge in [-0.2, -0.15) is 5.10 Å². The predicted molar refractivity (Wildman–Crippen MR) is 59.8 cm³/mol. The molecule has 1 aromatic rings. The van der Waals surface area contributed by atoms with Crippen molar-refractivity contribution in [1.82, 2.24) is 5.43 Å². The highest BCUT2D eigenvalue weighted by atomic mass is 35.5. The molecule has 0 aliphatic carbocycles. The Kier molecular flexibility index (Phi) is 2.69. The van der Waals surface area contributed by atoms with E-state index in [2.05, 4.69) is 15.8 Å². The number of carbonyl (C=O) groups excluding carboxylic acids is 1. The molecule has 0 aromatic heterocycles. The van der Waals surface area contributed by atoms with Gasteiger partial charge in [-0.15, -0.1) is 0 Å². The van der Waals surface area contributed by atoms with E-state index in [4.69, 9.17) is 11.6 Å². The molecule has 0 radical (unpaired) electrons. The van der Waals surface area contributed by atoms with E-state index in [0.29, 0.717) is 10.6 Å². The van der Waals surface area contributed by atoms with Crippen LogP contribution in [0.1, 0.15) is 0 Å². The van der Waals surface area contributed by atoms with Gasteiger partial charge in [0.1, 0.15) is 0 Å². The van der Waals surface area contributed by atoms with E-state index in [9.17, 15) is 4.79 Å². The van der Waals surface area contributed by atoms with Crippen LogP contribution in [0.15, 0.2) is 41.1 Å². The Balaban J connectivity index is 2.10. The first-order chi connectivity index (χ1) is 7.25. The number of anilines is 1. The number of nitrogens with zero attached hydrogens (tertiary/aromatic N) is 1. The number of rotatable bonds is 2. The predicted octanol–water partition coefficient (Wildman–Crippen LogP) is 1.75. The zero-order chi connectivity index (χ0) is 10.7. The molecule has 1 aliphatic heterocycles. The van der Waals surface area contributed by atoms with Gasteiger partial charge in [0, 0.05) is 16.9 Å². The van der Waals surface area contributed by atoms with Crippen molar-refractivity contribution in [2.75, 3.05) is 5.32 Å². The van der Waals surface area contributed by atoms with E-state index < -0.39 is 0 Å². The summed E-state index contributed by atoms with van der Waals surface area (Å²) < 4.78 is 0. The molecule has 0 atom stereocenters. The number of amides is 1. The first kappa shape index (κ1) is 9.73. The minimum atomic E-state index is -0.218. The summed E-state index contributed by atoms with van der Waals surface area (Å²) in [5.41, 5.74) is 3.62. The number of nitrogens with one attached hydrogen (secondary N) is 2. The van der Waals surface area contributed by atoms with Crippen molar-refractivity contribution < 1.29 is 4.79 Å². The highest BCUT2D eigenvalue weighted by Crippen LogP contribution is 2.15.